The molecule has 4 rings (SSSR count). The summed E-state index contributed by atoms with van der Waals surface area (Å²) in [7, 11) is 1.58. The van der Waals surface area contributed by atoms with E-state index in [9.17, 15) is 18.4 Å². The van der Waals surface area contributed by atoms with Gasteiger partial charge in [0.05, 0.1) is 7.11 Å². The van der Waals surface area contributed by atoms with Crippen LogP contribution in [0.3, 0.4) is 0 Å². The highest BCUT2D eigenvalue weighted by Gasteiger charge is 2.26. The Kier molecular flexibility index (Phi) is 6.50. The van der Waals surface area contributed by atoms with Gasteiger partial charge in [0.1, 0.15) is 12.3 Å². The molecule has 2 aromatic carbocycles. The monoisotopic (exact) mass is 473 g/mol. The largest absolute Gasteiger partial charge is 0.497 e. The lowest BCUT2D eigenvalue weighted by Gasteiger charge is -2.35. The predicted octanol–water partition coefficient (Wildman–Crippen LogP) is 2.88. The standard InChI is InChI=1S/C22H21F2N5O3S/c1-32-16-5-2-14(3-6-16)20-25-26-22(33)29(20)13-19(30)27-8-10-28(11-9-27)21(31)15-4-7-17(23)18(24)12-15/h2-7,12H,8-11,13H2,1H3,(H,26,33). The summed E-state index contributed by atoms with van der Waals surface area (Å²) in [5.74, 6) is -1.41. The average molecular weight is 474 g/mol. The van der Waals surface area contributed by atoms with Crippen molar-refractivity contribution < 1.29 is 23.1 Å². The molecule has 2 heterocycles. The van der Waals surface area contributed by atoms with Crippen LogP contribution < -0.4 is 4.74 Å². The van der Waals surface area contributed by atoms with Crippen LogP contribution in [0.1, 0.15) is 10.4 Å². The van der Waals surface area contributed by atoms with Crippen molar-refractivity contribution in [3.05, 3.63) is 64.4 Å². The number of nitrogens with one attached hydrogen (secondary N) is 1. The minimum atomic E-state index is -1.07. The van der Waals surface area contributed by atoms with Gasteiger partial charge in [-0.05, 0) is 54.7 Å². The molecule has 172 valence electrons. The van der Waals surface area contributed by atoms with Crippen molar-refractivity contribution in [2.45, 2.75) is 6.54 Å². The van der Waals surface area contributed by atoms with Crippen molar-refractivity contribution >= 4 is 24.0 Å². The minimum Gasteiger partial charge on any atom is -0.497 e. The van der Waals surface area contributed by atoms with Crippen molar-refractivity contribution in [2.24, 2.45) is 0 Å². The van der Waals surface area contributed by atoms with Crippen molar-refractivity contribution in [1.29, 1.82) is 0 Å². The number of nitrogens with zero attached hydrogens (tertiary/aromatic N) is 4. The third-order valence-electron chi connectivity index (χ3n) is 5.49. The summed E-state index contributed by atoms with van der Waals surface area (Å²) in [6, 6.07) is 10.3. The quantitative estimate of drug-likeness (QED) is 0.577. The first-order valence-corrected chi connectivity index (χ1v) is 10.6. The van der Waals surface area contributed by atoms with Gasteiger partial charge in [-0.15, -0.1) is 0 Å². The molecule has 0 bridgehead atoms. The van der Waals surface area contributed by atoms with Gasteiger partial charge in [-0.3, -0.25) is 19.3 Å². The van der Waals surface area contributed by atoms with Gasteiger partial charge in [-0.25, -0.2) is 8.78 Å². The molecule has 1 N–H and O–H groups in total. The number of hydrogen-bond donors (Lipinski definition) is 1. The first-order valence-electron chi connectivity index (χ1n) is 10.2. The fourth-order valence-electron chi connectivity index (χ4n) is 3.63. The minimum absolute atomic E-state index is 0.00614. The Bertz CT molecular complexity index is 1230. The maximum atomic E-state index is 13.5. The van der Waals surface area contributed by atoms with Gasteiger partial charge in [0.25, 0.3) is 5.91 Å². The fraction of sp³-hybridized carbons (Fsp3) is 0.273. The maximum Gasteiger partial charge on any atom is 0.254 e. The third-order valence-corrected chi connectivity index (χ3v) is 5.80. The van der Waals surface area contributed by atoms with Crippen LogP contribution in [-0.2, 0) is 11.3 Å². The van der Waals surface area contributed by atoms with Gasteiger partial charge in [-0.2, -0.15) is 5.10 Å². The number of rotatable bonds is 5. The second-order valence-electron chi connectivity index (χ2n) is 7.47. The Hall–Kier alpha value is -3.60. The summed E-state index contributed by atoms with van der Waals surface area (Å²) in [6.07, 6.45) is 0. The van der Waals surface area contributed by atoms with Crippen LogP contribution in [-0.4, -0.2) is 69.7 Å². The molecule has 0 aliphatic carbocycles. The van der Waals surface area contributed by atoms with Crippen molar-refractivity contribution in [3.8, 4) is 17.1 Å². The molecular formula is C22H21F2N5O3S. The molecule has 1 fully saturated rings. The summed E-state index contributed by atoms with van der Waals surface area (Å²) >= 11 is 5.31. The van der Waals surface area contributed by atoms with Crippen LogP contribution >= 0.6 is 12.2 Å². The summed E-state index contributed by atoms with van der Waals surface area (Å²) in [6.45, 7) is 1.19. The lowest BCUT2D eigenvalue weighted by molar-refractivity contribution is -0.133. The smallest absolute Gasteiger partial charge is 0.254 e. The van der Waals surface area contributed by atoms with Crippen molar-refractivity contribution in [1.82, 2.24) is 24.6 Å². The normalized spacial score (nSPS) is 13.8. The second-order valence-corrected chi connectivity index (χ2v) is 7.86. The van der Waals surface area contributed by atoms with Gasteiger partial charge in [0, 0.05) is 37.3 Å². The topological polar surface area (TPSA) is 83.5 Å². The van der Waals surface area contributed by atoms with Crippen LogP contribution in [0.2, 0.25) is 0 Å². The fourth-order valence-corrected chi connectivity index (χ4v) is 3.83. The SMILES string of the molecule is COc1ccc(-c2n[nH]c(=S)n2CC(=O)N2CCN(C(=O)c3ccc(F)c(F)c3)CC2)cc1. The van der Waals surface area contributed by atoms with E-state index >= 15 is 0 Å². The molecule has 1 aromatic heterocycles. The van der Waals surface area contributed by atoms with E-state index in [-0.39, 0.29) is 31.1 Å². The van der Waals surface area contributed by atoms with E-state index < -0.39 is 17.5 Å². The number of carbonyl (C=O) groups excluding carboxylic acids is 2. The van der Waals surface area contributed by atoms with Crippen molar-refractivity contribution in [2.75, 3.05) is 33.3 Å². The third kappa shape index (κ3) is 4.77. The summed E-state index contributed by atoms with van der Waals surface area (Å²) in [5.41, 5.74) is 0.848. The van der Waals surface area contributed by atoms with E-state index in [0.29, 0.717) is 29.4 Å². The molecule has 33 heavy (non-hydrogen) atoms. The molecule has 1 aliphatic heterocycles. The highest BCUT2D eigenvalue weighted by molar-refractivity contribution is 7.71. The van der Waals surface area contributed by atoms with Crippen molar-refractivity contribution in [3.63, 3.8) is 0 Å². The average Bonchev–Trinajstić information content (AvgIpc) is 3.20. The number of amides is 2. The number of aromatic amines is 1. The van der Waals surface area contributed by atoms with E-state index in [2.05, 4.69) is 10.2 Å². The van der Waals surface area contributed by atoms with Gasteiger partial charge >= 0.3 is 0 Å². The van der Waals surface area contributed by atoms with Crippen LogP contribution in [0.15, 0.2) is 42.5 Å². The zero-order chi connectivity index (χ0) is 23.5. The van der Waals surface area contributed by atoms with E-state index in [1.807, 2.05) is 12.1 Å². The highest BCUT2D eigenvalue weighted by atomic mass is 32.1. The van der Waals surface area contributed by atoms with Gasteiger partial charge < -0.3 is 14.5 Å². The van der Waals surface area contributed by atoms with Gasteiger partial charge in [0.15, 0.2) is 22.2 Å². The molecular weight excluding hydrogens is 452 g/mol. The van der Waals surface area contributed by atoms with E-state index in [0.717, 1.165) is 17.7 Å². The number of carbonyl (C=O) groups is 2. The van der Waals surface area contributed by atoms with Crippen LogP contribution in [0.25, 0.3) is 11.4 Å². The molecule has 0 radical (unpaired) electrons. The Morgan fingerprint density at radius 3 is 2.33 bits per heavy atom. The number of piperazine rings is 1. The van der Waals surface area contributed by atoms with E-state index in [1.54, 1.807) is 28.7 Å². The van der Waals surface area contributed by atoms with Crippen LogP contribution in [0, 0.1) is 16.4 Å². The molecule has 2 amide bonds. The number of halogens is 2. The molecule has 0 atom stereocenters. The molecule has 0 unspecified atom stereocenters. The van der Waals surface area contributed by atoms with Gasteiger partial charge in [-0.1, -0.05) is 0 Å². The predicted molar refractivity (Wildman–Crippen MR) is 118 cm³/mol. The first-order chi connectivity index (χ1) is 15.9. The van der Waals surface area contributed by atoms with E-state index in [1.165, 1.54) is 11.0 Å². The summed E-state index contributed by atoms with van der Waals surface area (Å²) in [5, 5.41) is 6.97. The summed E-state index contributed by atoms with van der Waals surface area (Å²) < 4.78 is 33.7. The zero-order valence-electron chi connectivity index (χ0n) is 17.8. The molecule has 1 saturated heterocycles. The molecule has 11 heteroatoms. The summed E-state index contributed by atoms with van der Waals surface area (Å²) in [4.78, 5) is 28.7. The van der Waals surface area contributed by atoms with E-state index in [4.69, 9.17) is 17.0 Å². The lowest BCUT2D eigenvalue weighted by Crippen LogP contribution is -2.51. The lowest BCUT2D eigenvalue weighted by atomic mass is 10.1. The Balaban J connectivity index is 1.41. The molecule has 0 spiro atoms. The van der Waals surface area contributed by atoms with Crippen LogP contribution in [0.4, 0.5) is 8.78 Å². The van der Waals surface area contributed by atoms with Gasteiger partial charge in [0.2, 0.25) is 5.91 Å². The van der Waals surface area contributed by atoms with Crippen LogP contribution in [0.5, 0.6) is 5.75 Å². The molecule has 3 aromatic rings. The number of benzene rings is 2. The number of H-pyrrole nitrogens is 1. The highest BCUT2D eigenvalue weighted by Crippen LogP contribution is 2.21. The Morgan fingerprint density at radius 1 is 1.03 bits per heavy atom. The zero-order valence-corrected chi connectivity index (χ0v) is 18.6. The number of methoxy groups -OCH3 is 1. The number of ether oxygens (including phenoxy) is 1. The number of aromatic nitrogens is 3. The molecule has 8 nitrogen and oxygen atoms in total. The first kappa shape index (κ1) is 22.6. The maximum absolute atomic E-state index is 13.5. The Labute approximate surface area is 193 Å². The Morgan fingerprint density at radius 2 is 1.70 bits per heavy atom. The number of hydrogen-bond acceptors (Lipinski definition) is 5. The molecule has 1 aliphatic rings. The second kappa shape index (κ2) is 9.49. The molecule has 0 saturated carbocycles.